The van der Waals surface area contributed by atoms with Crippen LogP contribution in [-0.4, -0.2) is 46.5 Å². The summed E-state index contributed by atoms with van der Waals surface area (Å²) in [5.41, 5.74) is 6.54. The van der Waals surface area contributed by atoms with Crippen LogP contribution in [0.5, 0.6) is 0 Å². The van der Waals surface area contributed by atoms with E-state index in [9.17, 15) is 5.11 Å². The van der Waals surface area contributed by atoms with Crippen LogP contribution in [0.25, 0.3) is 0 Å². The third kappa shape index (κ3) is 3.01. The topological polar surface area (TPSA) is 67.3 Å². The summed E-state index contributed by atoms with van der Waals surface area (Å²) >= 11 is 0. The maximum atomic E-state index is 9.63. The molecule has 1 atom stereocenters. The molecule has 0 aliphatic rings. The van der Waals surface area contributed by atoms with Gasteiger partial charge in [-0.05, 0) is 21.0 Å². The molecule has 1 aromatic heterocycles. The molecule has 14 heavy (non-hydrogen) atoms. The van der Waals surface area contributed by atoms with E-state index in [0.717, 1.165) is 5.56 Å². The summed E-state index contributed by atoms with van der Waals surface area (Å²) in [6.07, 6.45) is 1.43. The molecule has 1 unspecified atom stereocenters. The Morgan fingerprint density at radius 3 is 2.71 bits per heavy atom. The van der Waals surface area contributed by atoms with Crippen LogP contribution in [0.3, 0.4) is 0 Å². The van der Waals surface area contributed by atoms with Gasteiger partial charge in [-0.25, -0.2) is 0 Å². The molecule has 1 heterocycles. The van der Waals surface area contributed by atoms with Crippen molar-refractivity contribution in [2.75, 3.05) is 26.4 Å². The number of rotatable bonds is 4. The lowest BCUT2D eigenvalue weighted by Gasteiger charge is -2.15. The average Bonchev–Trinajstić information content (AvgIpc) is 2.28. The maximum Gasteiger partial charge on any atom is 0.148 e. The standard InChI is InChI=1S/C9H18N4O/c1-7-4-13(11-9(7)10)6-8(14)5-12(2)3/h4,8,14H,5-6H2,1-3H3,(H2,10,11). The Labute approximate surface area is 84.1 Å². The average molecular weight is 198 g/mol. The van der Waals surface area contributed by atoms with Crippen molar-refractivity contribution in [3.63, 3.8) is 0 Å². The van der Waals surface area contributed by atoms with Crippen molar-refractivity contribution in [2.45, 2.75) is 19.6 Å². The Bertz CT molecular complexity index is 276. The van der Waals surface area contributed by atoms with Crippen LogP contribution in [0, 0.1) is 6.92 Å². The molecule has 0 amide bonds. The zero-order valence-corrected chi connectivity index (χ0v) is 8.94. The van der Waals surface area contributed by atoms with Crippen molar-refractivity contribution < 1.29 is 5.11 Å². The highest BCUT2D eigenvalue weighted by atomic mass is 16.3. The largest absolute Gasteiger partial charge is 0.390 e. The summed E-state index contributed by atoms with van der Waals surface area (Å²) in [5.74, 6) is 0.530. The number of aliphatic hydroxyl groups excluding tert-OH is 1. The Morgan fingerprint density at radius 2 is 2.29 bits per heavy atom. The predicted octanol–water partition coefficient (Wildman–Crippen LogP) is -0.304. The molecule has 0 aliphatic carbocycles. The van der Waals surface area contributed by atoms with Gasteiger partial charge in [-0.1, -0.05) is 0 Å². The molecule has 0 spiro atoms. The number of aromatic nitrogens is 2. The number of aliphatic hydroxyl groups is 1. The lowest BCUT2D eigenvalue weighted by atomic mass is 10.3. The van der Waals surface area contributed by atoms with Gasteiger partial charge in [-0.15, -0.1) is 0 Å². The molecule has 3 N–H and O–H groups in total. The van der Waals surface area contributed by atoms with E-state index in [0.29, 0.717) is 18.9 Å². The molecule has 0 radical (unpaired) electrons. The minimum atomic E-state index is -0.413. The van der Waals surface area contributed by atoms with E-state index in [1.54, 1.807) is 4.68 Å². The second kappa shape index (κ2) is 4.43. The zero-order chi connectivity index (χ0) is 10.7. The third-order valence-corrected chi connectivity index (χ3v) is 1.96. The number of nitrogens with zero attached hydrogens (tertiary/aromatic N) is 3. The molecule has 80 valence electrons. The van der Waals surface area contributed by atoms with Crippen molar-refractivity contribution >= 4 is 5.82 Å². The van der Waals surface area contributed by atoms with E-state index >= 15 is 0 Å². The predicted molar refractivity (Wildman–Crippen MR) is 55.9 cm³/mol. The molecule has 1 rings (SSSR count). The highest BCUT2D eigenvalue weighted by molar-refractivity contribution is 5.35. The first kappa shape index (κ1) is 11.0. The molecule has 0 fully saturated rings. The van der Waals surface area contributed by atoms with Gasteiger partial charge < -0.3 is 15.7 Å². The number of aryl methyl sites for hydroxylation is 1. The van der Waals surface area contributed by atoms with Gasteiger partial charge in [-0.3, -0.25) is 4.68 Å². The Morgan fingerprint density at radius 1 is 1.64 bits per heavy atom. The molecular formula is C9H18N4O. The second-order valence-electron chi connectivity index (χ2n) is 3.84. The summed E-state index contributed by atoms with van der Waals surface area (Å²) < 4.78 is 1.68. The molecule has 5 nitrogen and oxygen atoms in total. The van der Waals surface area contributed by atoms with Crippen molar-refractivity contribution in [1.82, 2.24) is 14.7 Å². The van der Waals surface area contributed by atoms with E-state index in [4.69, 9.17) is 5.73 Å². The fraction of sp³-hybridized carbons (Fsp3) is 0.667. The molecule has 0 bridgehead atoms. The van der Waals surface area contributed by atoms with Gasteiger partial charge in [0.25, 0.3) is 0 Å². The monoisotopic (exact) mass is 198 g/mol. The molecule has 0 saturated heterocycles. The van der Waals surface area contributed by atoms with E-state index in [2.05, 4.69) is 5.10 Å². The Hall–Kier alpha value is -1.07. The quantitative estimate of drug-likeness (QED) is 0.697. The Balaban J connectivity index is 2.51. The smallest absolute Gasteiger partial charge is 0.148 e. The van der Waals surface area contributed by atoms with E-state index in [1.165, 1.54) is 0 Å². The first-order valence-electron chi connectivity index (χ1n) is 4.61. The highest BCUT2D eigenvalue weighted by Crippen LogP contribution is 2.06. The number of hydrogen-bond acceptors (Lipinski definition) is 4. The van der Waals surface area contributed by atoms with E-state index < -0.39 is 6.10 Å². The lowest BCUT2D eigenvalue weighted by molar-refractivity contribution is 0.116. The molecule has 0 saturated carbocycles. The van der Waals surface area contributed by atoms with E-state index in [1.807, 2.05) is 32.1 Å². The fourth-order valence-electron chi connectivity index (χ4n) is 1.32. The molecule has 1 aromatic rings. The van der Waals surface area contributed by atoms with E-state index in [-0.39, 0.29) is 0 Å². The minimum Gasteiger partial charge on any atom is -0.390 e. The van der Waals surface area contributed by atoms with Crippen LogP contribution < -0.4 is 5.73 Å². The van der Waals surface area contributed by atoms with Crippen molar-refractivity contribution in [1.29, 1.82) is 0 Å². The Kier molecular flexibility index (Phi) is 3.49. The zero-order valence-electron chi connectivity index (χ0n) is 8.94. The van der Waals surface area contributed by atoms with Crippen molar-refractivity contribution in [3.05, 3.63) is 11.8 Å². The van der Waals surface area contributed by atoms with Gasteiger partial charge in [0, 0.05) is 18.3 Å². The summed E-state index contributed by atoms with van der Waals surface area (Å²) in [4.78, 5) is 1.93. The van der Waals surface area contributed by atoms with Gasteiger partial charge in [0.05, 0.1) is 12.6 Å². The number of anilines is 1. The van der Waals surface area contributed by atoms with Gasteiger partial charge in [-0.2, -0.15) is 5.10 Å². The lowest BCUT2D eigenvalue weighted by Crippen LogP contribution is -2.29. The van der Waals surface area contributed by atoms with Crippen LogP contribution in [-0.2, 0) is 6.54 Å². The molecule has 0 aromatic carbocycles. The number of nitrogens with two attached hydrogens (primary N) is 1. The number of nitrogen functional groups attached to an aromatic ring is 1. The van der Waals surface area contributed by atoms with Crippen molar-refractivity contribution in [3.8, 4) is 0 Å². The van der Waals surface area contributed by atoms with Gasteiger partial charge >= 0.3 is 0 Å². The van der Waals surface area contributed by atoms with Crippen LogP contribution in [0.2, 0.25) is 0 Å². The summed E-state index contributed by atoms with van der Waals surface area (Å²) in [6.45, 7) is 3.01. The SMILES string of the molecule is Cc1cn(CC(O)CN(C)C)nc1N. The van der Waals surface area contributed by atoms with Crippen LogP contribution in [0.1, 0.15) is 5.56 Å². The normalized spacial score (nSPS) is 13.5. The minimum absolute atomic E-state index is 0.413. The van der Waals surface area contributed by atoms with Gasteiger partial charge in [0.2, 0.25) is 0 Å². The maximum absolute atomic E-state index is 9.63. The summed E-state index contributed by atoms with van der Waals surface area (Å²) in [6, 6.07) is 0. The summed E-state index contributed by atoms with van der Waals surface area (Å²) in [7, 11) is 3.85. The molecule has 5 heteroatoms. The molecular weight excluding hydrogens is 180 g/mol. The van der Waals surface area contributed by atoms with Crippen LogP contribution >= 0.6 is 0 Å². The summed E-state index contributed by atoms with van der Waals surface area (Å²) in [5, 5.41) is 13.7. The van der Waals surface area contributed by atoms with Gasteiger partial charge in [0.1, 0.15) is 5.82 Å². The van der Waals surface area contributed by atoms with Crippen LogP contribution in [0.15, 0.2) is 6.20 Å². The number of likely N-dealkylation sites (N-methyl/N-ethyl adjacent to an activating group) is 1. The number of hydrogen-bond donors (Lipinski definition) is 2. The first-order chi connectivity index (χ1) is 6.49. The highest BCUT2D eigenvalue weighted by Gasteiger charge is 2.08. The van der Waals surface area contributed by atoms with Gasteiger partial charge in [0.15, 0.2) is 0 Å². The fourth-order valence-corrected chi connectivity index (χ4v) is 1.32. The molecule has 0 aliphatic heterocycles. The first-order valence-corrected chi connectivity index (χ1v) is 4.61. The third-order valence-electron chi connectivity index (χ3n) is 1.96. The van der Waals surface area contributed by atoms with Crippen LogP contribution in [0.4, 0.5) is 5.82 Å². The second-order valence-corrected chi connectivity index (χ2v) is 3.84. The van der Waals surface area contributed by atoms with Crippen molar-refractivity contribution in [2.24, 2.45) is 0 Å².